The van der Waals surface area contributed by atoms with E-state index in [4.69, 9.17) is 9.47 Å². The summed E-state index contributed by atoms with van der Waals surface area (Å²) in [6.07, 6.45) is 0. The number of Topliss-reactive ketones (excluding diaryl/α,β-unsaturated/α-hetero) is 1. The molecule has 1 heterocycles. The fourth-order valence-corrected chi connectivity index (χ4v) is 2.24. The molecule has 0 saturated carbocycles. The van der Waals surface area contributed by atoms with Gasteiger partial charge in [0.25, 0.3) is 5.91 Å². The standard InChI is InChI=1S/C13H17NO5S/c1-8(6-18-3)14-12(16)7-19-13(17)11-5-4-10(20-11)9(2)15/h4-5,8H,6-7H2,1-3H3,(H,14,16). The van der Waals surface area contributed by atoms with Crippen molar-refractivity contribution in [2.24, 2.45) is 0 Å². The molecule has 0 aliphatic heterocycles. The van der Waals surface area contributed by atoms with E-state index in [2.05, 4.69) is 5.32 Å². The average molecular weight is 299 g/mol. The lowest BCUT2D eigenvalue weighted by atomic mass is 10.3. The molecule has 0 aliphatic carbocycles. The number of esters is 1. The number of hydrogen-bond acceptors (Lipinski definition) is 6. The number of rotatable bonds is 7. The maximum atomic E-state index is 11.7. The van der Waals surface area contributed by atoms with Crippen molar-refractivity contribution in [1.82, 2.24) is 5.32 Å². The monoisotopic (exact) mass is 299 g/mol. The fraction of sp³-hybridized carbons (Fsp3) is 0.462. The van der Waals surface area contributed by atoms with Crippen LogP contribution in [-0.2, 0) is 14.3 Å². The van der Waals surface area contributed by atoms with Gasteiger partial charge in [-0.3, -0.25) is 9.59 Å². The average Bonchev–Trinajstić information content (AvgIpc) is 2.86. The Labute approximate surface area is 121 Å². The van der Waals surface area contributed by atoms with Crippen LogP contribution in [0, 0.1) is 0 Å². The number of ether oxygens (including phenoxy) is 2. The van der Waals surface area contributed by atoms with Crippen molar-refractivity contribution in [3.8, 4) is 0 Å². The molecule has 1 rings (SSSR count). The third-order valence-corrected chi connectivity index (χ3v) is 3.48. The van der Waals surface area contributed by atoms with Crippen LogP contribution in [0.5, 0.6) is 0 Å². The van der Waals surface area contributed by atoms with E-state index in [0.717, 1.165) is 11.3 Å². The van der Waals surface area contributed by atoms with Gasteiger partial charge in [-0.15, -0.1) is 11.3 Å². The van der Waals surface area contributed by atoms with Gasteiger partial charge < -0.3 is 14.8 Å². The first-order valence-corrected chi connectivity index (χ1v) is 6.82. The molecule has 110 valence electrons. The van der Waals surface area contributed by atoms with E-state index in [1.54, 1.807) is 13.0 Å². The maximum absolute atomic E-state index is 11.7. The summed E-state index contributed by atoms with van der Waals surface area (Å²) < 4.78 is 9.74. The van der Waals surface area contributed by atoms with Gasteiger partial charge in [-0.05, 0) is 26.0 Å². The Morgan fingerprint density at radius 3 is 2.50 bits per heavy atom. The van der Waals surface area contributed by atoms with Crippen LogP contribution < -0.4 is 5.32 Å². The van der Waals surface area contributed by atoms with Crippen LogP contribution in [-0.4, -0.2) is 44.0 Å². The molecular weight excluding hydrogens is 282 g/mol. The normalized spacial score (nSPS) is 11.8. The molecule has 20 heavy (non-hydrogen) atoms. The Morgan fingerprint density at radius 1 is 1.30 bits per heavy atom. The highest BCUT2D eigenvalue weighted by Crippen LogP contribution is 2.17. The lowest BCUT2D eigenvalue weighted by Gasteiger charge is -2.12. The minimum absolute atomic E-state index is 0.111. The number of methoxy groups -OCH3 is 1. The van der Waals surface area contributed by atoms with Gasteiger partial charge in [0, 0.05) is 13.2 Å². The zero-order valence-corrected chi connectivity index (χ0v) is 12.4. The summed E-state index contributed by atoms with van der Waals surface area (Å²) in [5.74, 6) is -1.12. The molecule has 0 spiro atoms. The van der Waals surface area contributed by atoms with Crippen LogP contribution >= 0.6 is 11.3 Å². The van der Waals surface area contributed by atoms with Crippen molar-refractivity contribution in [3.63, 3.8) is 0 Å². The van der Waals surface area contributed by atoms with Crippen LogP contribution in [0.15, 0.2) is 12.1 Å². The zero-order valence-electron chi connectivity index (χ0n) is 11.6. The van der Waals surface area contributed by atoms with Crippen molar-refractivity contribution in [2.45, 2.75) is 19.9 Å². The van der Waals surface area contributed by atoms with Crippen molar-refractivity contribution in [1.29, 1.82) is 0 Å². The maximum Gasteiger partial charge on any atom is 0.348 e. The van der Waals surface area contributed by atoms with E-state index in [1.165, 1.54) is 20.1 Å². The van der Waals surface area contributed by atoms with Gasteiger partial charge in [0.2, 0.25) is 0 Å². The molecule has 0 radical (unpaired) electrons. The number of thiophene rings is 1. The van der Waals surface area contributed by atoms with Crippen LogP contribution in [0.1, 0.15) is 33.2 Å². The highest BCUT2D eigenvalue weighted by Gasteiger charge is 2.15. The number of hydrogen-bond donors (Lipinski definition) is 1. The minimum atomic E-state index is -0.614. The Balaban J connectivity index is 2.42. The predicted molar refractivity (Wildman–Crippen MR) is 74.1 cm³/mol. The van der Waals surface area contributed by atoms with Gasteiger partial charge >= 0.3 is 5.97 Å². The number of carbonyl (C=O) groups excluding carboxylic acids is 3. The molecule has 0 bridgehead atoms. The van der Waals surface area contributed by atoms with Crippen molar-refractivity contribution >= 4 is 29.0 Å². The first-order chi connectivity index (χ1) is 9.43. The van der Waals surface area contributed by atoms with Crippen molar-refractivity contribution in [2.75, 3.05) is 20.3 Å². The molecule has 0 fully saturated rings. The molecule has 1 amide bonds. The Kier molecular flexibility index (Phi) is 6.33. The molecule has 6 nitrogen and oxygen atoms in total. The van der Waals surface area contributed by atoms with E-state index < -0.39 is 11.9 Å². The van der Waals surface area contributed by atoms with Crippen LogP contribution in [0.3, 0.4) is 0 Å². The molecule has 0 saturated heterocycles. The van der Waals surface area contributed by atoms with Gasteiger partial charge in [-0.1, -0.05) is 0 Å². The van der Waals surface area contributed by atoms with Crippen LogP contribution in [0.2, 0.25) is 0 Å². The third kappa shape index (κ3) is 5.10. The summed E-state index contributed by atoms with van der Waals surface area (Å²) in [7, 11) is 1.53. The Morgan fingerprint density at radius 2 is 1.95 bits per heavy atom. The number of amides is 1. The van der Waals surface area contributed by atoms with Gasteiger partial charge in [0.15, 0.2) is 12.4 Å². The summed E-state index contributed by atoms with van der Waals surface area (Å²) in [6.45, 7) is 3.22. The van der Waals surface area contributed by atoms with E-state index >= 15 is 0 Å². The summed E-state index contributed by atoms with van der Waals surface area (Å²) in [5.41, 5.74) is 0. The molecule has 1 N–H and O–H groups in total. The second-order valence-electron chi connectivity index (χ2n) is 4.22. The number of nitrogens with one attached hydrogen (secondary N) is 1. The predicted octanol–water partition coefficient (Wildman–Crippen LogP) is 1.26. The third-order valence-electron chi connectivity index (χ3n) is 2.31. The number of ketones is 1. The summed E-state index contributed by atoms with van der Waals surface area (Å²) in [4.78, 5) is 35.0. The first-order valence-electron chi connectivity index (χ1n) is 6.00. The number of carbonyl (C=O) groups is 3. The Bertz CT molecular complexity index is 497. The van der Waals surface area contributed by atoms with Gasteiger partial charge in [0.1, 0.15) is 4.88 Å². The summed E-state index contributed by atoms with van der Waals surface area (Å²) in [6, 6.07) is 2.91. The SMILES string of the molecule is COCC(C)NC(=O)COC(=O)c1ccc(C(C)=O)s1. The van der Waals surface area contributed by atoms with Crippen LogP contribution in [0.25, 0.3) is 0 Å². The zero-order chi connectivity index (χ0) is 15.1. The van der Waals surface area contributed by atoms with E-state index in [0.29, 0.717) is 16.4 Å². The molecule has 7 heteroatoms. The van der Waals surface area contributed by atoms with Gasteiger partial charge in [0.05, 0.1) is 11.5 Å². The first kappa shape index (κ1) is 16.3. The van der Waals surface area contributed by atoms with E-state index in [1.807, 2.05) is 0 Å². The molecule has 1 aromatic rings. The molecule has 0 aromatic carbocycles. The largest absolute Gasteiger partial charge is 0.451 e. The molecule has 1 aromatic heterocycles. The molecular formula is C13H17NO5S. The minimum Gasteiger partial charge on any atom is -0.451 e. The fourth-order valence-electron chi connectivity index (χ4n) is 1.45. The van der Waals surface area contributed by atoms with Gasteiger partial charge in [-0.25, -0.2) is 4.79 Å². The van der Waals surface area contributed by atoms with Crippen molar-refractivity contribution in [3.05, 3.63) is 21.9 Å². The quantitative estimate of drug-likeness (QED) is 0.605. The van der Waals surface area contributed by atoms with Gasteiger partial charge in [-0.2, -0.15) is 0 Å². The smallest absolute Gasteiger partial charge is 0.348 e. The lowest BCUT2D eigenvalue weighted by molar-refractivity contribution is -0.125. The second kappa shape index (κ2) is 7.76. The van der Waals surface area contributed by atoms with E-state index in [-0.39, 0.29) is 18.4 Å². The summed E-state index contributed by atoms with van der Waals surface area (Å²) >= 11 is 1.05. The molecule has 1 atom stereocenters. The highest BCUT2D eigenvalue weighted by molar-refractivity contribution is 7.15. The topological polar surface area (TPSA) is 81.7 Å². The molecule has 0 aliphatic rings. The van der Waals surface area contributed by atoms with E-state index in [9.17, 15) is 14.4 Å². The highest BCUT2D eigenvalue weighted by atomic mass is 32.1. The molecule has 1 unspecified atom stereocenters. The summed E-state index contributed by atoms with van der Waals surface area (Å²) in [5, 5.41) is 2.62. The lowest BCUT2D eigenvalue weighted by Crippen LogP contribution is -2.38. The second-order valence-corrected chi connectivity index (χ2v) is 5.30. The van der Waals surface area contributed by atoms with Crippen LogP contribution in [0.4, 0.5) is 0 Å². The Hall–Kier alpha value is -1.73. The van der Waals surface area contributed by atoms with Crippen molar-refractivity contribution < 1.29 is 23.9 Å².